The van der Waals surface area contributed by atoms with Crippen LogP contribution >= 0.6 is 0 Å². The Labute approximate surface area is 130 Å². The lowest BCUT2D eigenvalue weighted by atomic mass is 10.2. The summed E-state index contributed by atoms with van der Waals surface area (Å²) in [6, 6.07) is 11.6. The molecule has 2 aromatic rings. The Morgan fingerprint density at radius 1 is 1.14 bits per heavy atom. The minimum Gasteiger partial charge on any atom is -0.495 e. The van der Waals surface area contributed by atoms with E-state index in [1.807, 2.05) is 35.2 Å². The number of methoxy groups -OCH3 is 1. The van der Waals surface area contributed by atoms with Gasteiger partial charge in [-0.3, -0.25) is 4.79 Å². The van der Waals surface area contributed by atoms with Crippen molar-refractivity contribution in [3.63, 3.8) is 0 Å². The zero-order valence-corrected chi connectivity index (χ0v) is 12.7. The minimum atomic E-state index is 0.120. The van der Waals surface area contributed by atoms with E-state index >= 15 is 0 Å². The monoisotopic (exact) mass is 300 g/mol. The van der Waals surface area contributed by atoms with Gasteiger partial charge in [0, 0.05) is 26.2 Å². The molecule has 0 spiro atoms. The van der Waals surface area contributed by atoms with Crippen LogP contribution in [0, 0.1) is 0 Å². The summed E-state index contributed by atoms with van der Waals surface area (Å²) in [7, 11) is 1.68. The minimum absolute atomic E-state index is 0.120. The zero-order chi connectivity index (χ0) is 15.4. The number of ether oxygens (including phenoxy) is 1. The lowest BCUT2D eigenvalue weighted by Gasteiger charge is -2.36. The Kier molecular flexibility index (Phi) is 4.32. The summed E-state index contributed by atoms with van der Waals surface area (Å²) >= 11 is 0. The fraction of sp³-hybridized carbons (Fsp3) is 0.353. The molecule has 0 bridgehead atoms. The van der Waals surface area contributed by atoms with E-state index in [1.54, 1.807) is 13.4 Å². The van der Waals surface area contributed by atoms with Gasteiger partial charge in [0.2, 0.25) is 5.91 Å². The van der Waals surface area contributed by atoms with Gasteiger partial charge in [-0.1, -0.05) is 12.1 Å². The second-order valence-electron chi connectivity index (χ2n) is 5.30. The van der Waals surface area contributed by atoms with Crippen molar-refractivity contribution < 1.29 is 13.9 Å². The first-order valence-electron chi connectivity index (χ1n) is 7.46. The molecule has 0 radical (unpaired) electrons. The first-order valence-corrected chi connectivity index (χ1v) is 7.46. The van der Waals surface area contributed by atoms with Crippen molar-refractivity contribution in [3.8, 4) is 5.75 Å². The highest BCUT2D eigenvalue weighted by Gasteiger charge is 2.23. The van der Waals surface area contributed by atoms with Crippen molar-refractivity contribution >= 4 is 11.6 Å². The van der Waals surface area contributed by atoms with E-state index in [2.05, 4.69) is 11.0 Å². The van der Waals surface area contributed by atoms with Gasteiger partial charge in [-0.15, -0.1) is 0 Å². The molecule has 1 aromatic heterocycles. The molecule has 2 heterocycles. The number of furan rings is 1. The molecule has 0 aliphatic carbocycles. The first-order chi connectivity index (χ1) is 10.8. The summed E-state index contributed by atoms with van der Waals surface area (Å²) in [4.78, 5) is 16.4. The summed E-state index contributed by atoms with van der Waals surface area (Å²) in [5, 5.41) is 0. The molecule has 5 heteroatoms. The lowest BCUT2D eigenvalue weighted by Crippen LogP contribution is -2.49. The Balaban J connectivity index is 1.59. The number of rotatable bonds is 4. The average molecular weight is 300 g/mol. The molecule has 1 aliphatic heterocycles. The van der Waals surface area contributed by atoms with Crippen LogP contribution in [-0.4, -0.2) is 44.1 Å². The molecule has 5 nitrogen and oxygen atoms in total. The van der Waals surface area contributed by atoms with Gasteiger partial charge in [0.25, 0.3) is 0 Å². The molecule has 0 unspecified atom stereocenters. The van der Waals surface area contributed by atoms with Crippen LogP contribution < -0.4 is 9.64 Å². The van der Waals surface area contributed by atoms with Crippen LogP contribution in [0.25, 0.3) is 0 Å². The fourth-order valence-electron chi connectivity index (χ4n) is 2.76. The van der Waals surface area contributed by atoms with Crippen LogP contribution in [-0.2, 0) is 11.2 Å². The predicted octanol–water partition coefficient (Wildman–Crippen LogP) is 2.18. The Morgan fingerprint density at radius 2 is 1.91 bits per heavy atom. The van der Waals surface area contributed by atoms with E-state index in [1.165, 1.54) is 0 Å². The summed E-state index contributed by atoms with van der Waals surface area (Å²) < 4.78 is 10.6. The maximum absolute atomic E-state index is 12.3. The standard InChI is InChI=1S/C17H20N2O3/c1-21-16-7-3-2-6-15(16)18-8-10-19(11-9-18)17(20)13-14-5-4-12-22-14/h2-7,12H,8-11,13H2,1H3. The molecule has 116 valence electrons. The van der Waals surface area contributed by atoms with Gasteiger partial charge >= 0.3 is 0 Å². The molecule has 0 saturated carbocycles. The van der Waals surface area contributed by atoms with E-state index in [-0.39, 0.29) is 5.91 Å². The largest absolute Gasteiger partial charge is 0.495 e. The molecule has 1 amide bonds. The quantitative estimate of drug-likeness (QED) is 0.868. The Hall–Kier alpha value is -2.43. The number of hydrogen-bond acceptors (Lipinski definition) is 4. The van der Waals surface area contributed by atoms with Gasteiger partial charge in [-0.05, 0) is 24.3 Å². The molecule has 1 aromatic carbocycles. The van der Waals surface area contributed by atoms with Crippen molar-refractivity contribution in [2.45, 2.75) is 6.42 Å². The van der Waals surface area contributed by atoms with Crippen molar-refractivity contribution in [1.29, 1.82) is 0 Å². The topological polar surface area (TPSA) is 45.9 Å². The van der Waals surface area contributed by atoms with Crippen LogP contribution in [0.2, 0.25) is 0 Å². The van der Waals surface area contributed by atoms with Crippen molar-refractivity contribution in [2.24, 2.45) is 0 Å². The van der Waals surface area contributed by atoms with Crippen LogP contribution in [0.4, 0.5) is 5.69 Å². The van der Waals surface area contributed by atoms with Gasteiger partial charge in [0.05, 0.1) is 25.5 Å². The second kappa shape index (κ2) is 6.56. The third-order valence-electron chi connectivity index (χ3n) is 3.96. The third kappa shape index (κ3) is 3.08. The smallest absolute Gasteiger partial charge is 0.230 e. The number of benzene rings is 1. The fourth-order valence-corrected chi connectivity index (χ4v) is 2.76. The zero-order valence-electron chi connectivity index (χ0n) is 12.7. The van der Waals surface area contributed by atoms with Crippen LogP contribution in [0.3, 0.4) is 0 Å². The van der Waals surface area contributed by atoms with Gasteiger partial charge in [-0.2, -0.15) is 0 Å². The second-order valence-corrected chi connectivity index (χ2v) is 5.30. The number of carbonyl (C=O) groups is 1. The van der Waals surface area contributed by atoms with Crippen LogP contribution in [0.1, 0.15) is 5.76 Å². The number of carbonyl (C=O) groups excluding carboxylic acids is 1. The maximum Gasteiger partial charge on any atom is 0.230 e. The summed E-state index contributed by atoms with van der Waals surface area (Å²) in [6.45, 7) is 3.06. The molecule has 1 aliphatic rings. The highest BCUT2D eigenvalue weighted by Crippen LogP contribution is 2.28. The van der Waals surface area contributed by atoms with Gasteiger partial charge in [0.15, 0.2) is 0 Å². The van der Waals surface area contributed by atoms with Crippen molar-refractivity contribution in [1.82, 2.24) is 4.90 Å². The van der Waals surface area contributed by atoms with E-state index in [9.17, 15) is 4.79 Å². The predicted molar refractivity (Wildman–Crippen MR) is 84.2 cm³/mol. The number of nitrogens with zero attached hydrogens (tertiary/aromatic N) is 2. The Bertz CT molecular complexity index is 617. The molecular weight excluding hydrogens is 280 g/mol. The van der Waals surface area contributed by atoms with Crippen LogP contribution in [0.5, 0.6) is 5.75 Å². The van der Waals surface area contributed by atoms with Crippen molar-refractivity contribution in [2.75, 3.05) is 38.2 Å². The van der Waals surface area contributed by atoms with Gasteiger partial charge in [0.1, 0.15) is 11.5 Å². The highest BCUT2D eigenvalue weighted by atomic mass is 16.5. The Morgan fingerprint density at radius 3 is 2.59 bits per heavy atom. The van der Waals surface area contributed by atoms with Crippen molar-refractivity contribution in [3.05, 3.63) is 48.4 Å². The first kappa shape index (κ1) is 14.5. The highest BCUT2D eigenvalue weighted by molar-refractivity contribution is 5.78. The molecule has 0 N–H and O–H groups in total. The van der Waals surface area contributed by atoms with E-state index in [0.717, 1.165) is 43.4 Å². The number of para-hydroxylation sites is 2. The maximum atomic E-state index is 12.3. The van der Waals surface area contributed by atoms with Gasteiger partial charge in [-0.25, -0.2) is 0 Å². The molecular formula is C17H20N2O3. The van der Waals surface area contributed by atoms with E-state index in [4.69, 9.17) is 9.15 Å². The molecule has 3 rings (SSSR count). The SMILES string of the molecule is COc1ccccc1N1CCN(C(=O)Cc2ccco2)CC1. The molecule has 22 heavy (non-hydrogen) atoms. The van der Waals surface area contributed by atoms with E-state index < -0.39 is 0 Å². The van der Waals surface area contributed by atoms with Gasteiger partial charge < -0.3 is 19.0 Å². The summed E-state index contributed by atoms with van der Waals surface area (Å²) in [5.41, 5.74) is 1.09. The number of amides is 1. The van der Waals surface area contributed by atoms with E-state index in [0.29, 0.717) is 6.42 Å². The summed E-state index contributed by atoms with van der Waals surface area (Å²) in [6.07, 6.45) is 1.93. The normalized spacial score (nSPS) is 15.0. The summed E-state index contributed by atoms with van der Waals surface area (Å²) in [5.74, 6) is 1.71. The number of hydrogen-bond donors (Lipinski definition) is 0. The lowest BCUT2D eigenvalue weighted by molar-refractivity contribution is -0.131. The van der Waals surface area contributed by atoms with Crippen LogP contribution in [0.15, 0.2) is 47.1 Å². The third-order valence-corrected chi connectivity index (χ3v) is 3.96. The molecule has 0 atom stereocenters. The molecule has 1 saturated heterocycles. The number of anilines is 1. The molecule has 1 fully saturated rings. The average Bonchev–Trinajstić information content (AvgIpc) is 3.08. The number of piperazine rings is 1.